The number of nitro benzene ring substituents is 1. The van der Waals surface area contributed by atoms with Crippen LogP contribution in [-0.2, 0) is 10.0 Å². The molecule has 0 unspecified atom stereocenters. The Labute approximate surface area is 116 Å². The van der Waals surface area contributed by atoms with Crippen molar-refractivity contribution in [1.82, 2.24) is 4.72 Å². The van der Waals surface area contributed by atoms with Crippen molar-refractivity contribution in [2.45, 2.75) is 17.7 Å². The molecule has 0 saturated carbocycles. The first-order valence-electron chi connectivity index (χ1n) is 5.61. The molecule has 108 valence electrons. The number of benzene rings is 1. The van der Waals surface area contributed by atoms with Crippen LogP contribution in [0, 0.1) is 21.4 Å². The molecule has 1 aromatic carbocycles. The number of hydrogen-bond donors (Lipinski definition) is 1. The fourth-order valence-electron chi connectivity index (χ4n) is 1.44. The summed E-state index contributed by atoms with van der Waals surface area (Å²) in [5, 5.41) is 19.1. The van der Waals surface area contributed by atoms with Gasteiger partial charge in [-0.3, -0.25) is 10.1 Å². The predicted molar refractivity (Wildman–Crippen MR) is 69.7 cm³/mol. The summed E-state index contributed by atoms with van der Waals surface area (Å²) in [5.74, 6) is 0.0170. The van der Waals surface area contributed by atoms with E-state index < -0.39 is 14.9 Å². The number of unbranched alkanes of at least 4 members (excludes halogenated alkanes) is 1. The Morgan fingerprint density at radius 2 is 2.20 bits per heavy atom. The molecule has 1 aromatic rings. The van der Waals surface area contributed by atoms with Gasteiger partial charge in [0.2, 0.25) is 10.0 Å². The number of nitrogens with one attached hydrogen (secondary N) is 1. The number of rotatable bonds is 7. The van der Waals surface area contributed by atoms with Crippen molar-refractivity contribution in [1.29, 1.82) is 5.26 Å². The van der Waals surface area contributed by atoms with Crippen molar-refractivity contribution in [3.05, 3.63) is 28.3 Å². The van der Waals surface area contributed by atoms with E-state index in [1.807, 2.05) is 6.07 Å². The molecule has 1 N–H and O–H groups in total. The van der Waals surface area contributed by atoms with Gasteiger partial charge in [-0.05, 0) is 12.5 Å². The third kappa shape index (κ3) is 3.91. The lowest BCUT2D eigenvalue weighted by atomic mass is 10.3. The Morgan fingerprint density at radius 3 is 2.75 bits per heavy atom. The molecule has 0 radical (unpaired) electrons. The highest BCUT2D eigenvalue weighted by Gasteiger charge is 2.22. The zero-order valence-electron chi connectivity index (χ0n) is 10.7. The molecule has 8 nitrogen and oxygen atoms in total. The Kier molecular flexibility index (Phi) is 5.42. The second kappa shape index (κ2) is 6.83. The maximum absolute atomic E-state index is 12.1. The van der Waals surface area contributed by atoms with Gasteiger partial charge in [-0.2, -0.15) is 5.26 Å². The summed E-state index contributed by atoms with van der Waals surface area (Å²) in [4.78, 5) is 9.71. The molecular weight excluding hydrogens is 286 g/mol. The van der Waals surface area contributed by atoms with E-state index in [2.05, 4.69) is 4.72 Å². The number of methoxy groups -OCH3 is 1. The highest BCUT2D eigenvalue weighted by molar-refractivity contribution is 7.89. The van der Waals surface area contributed by atoms with Crippen LogP contribution in [0.1, 0.15) is 12.8 Å². The number of non-ortho nitro benzene ring substituents is 1. The van der Waals surface area contributed by atoms with Gasteiger partial charge in [0, 0.05) is 25.1 Å². The quantitative estimate of drug-likeness (QED) is 0.458. The van der Waals surface area contributed by atoms with Gasteiger partial charge in [0.05, 0.1) is 18.1 Å². The van der Waals surface area contributed by atoms with E-state index in [0.29, 0.717) is 6.42 Å². The minimum Gasteiger partial charge on any atom is -0.495 e. The van der Waals surface area contributed by atoms with Crippen molar-refractivity contribution in [3.8, 4) is 11.8 Å². The zero-order valence-corrected chi connectivity index (χ0v) is 11.5. The molecule has 0 spiro atoms. The molecule has 0 aliphatic carbocycles. The SMILES string of the molecule is COc1ccc([N+](=O)[O-])cc1S(=O)(=O)NCCCC#N. The summed E-state index contributed by atoms with van der Waals surface area (Å²) in [6.07, 6.45) is 0.571. The largest absolute Gasteiger partial charge is 0.495 e. The third-order valence-corrected chi connectivity index (χ3v) is 3.89. The van der Waals surface area contributed by atoms with Gasteiger partial charge in [0.1, 0.15) is 10.6 Å². The molecule has 0 aromatic heterocycles. The van der Waals surface area contributed by atoms with E-state index in [1.54, 1.807) is 0 Å². The normalized spacial score (nSPS) is 10.8. The average Bonchev–Trinajstić information content (AvgIpc) is 2.42. The topological polar surface area (TPSA) is 122 Å². The Bertz CT molecular complexity index is 636. The minimum atomic E-state index is -3.93. The van der Waals surface area contributed by atoms with E-state index in [-0.39, 0.29) is 29.3 Å². The zero-order chi connectivity index (χ0) is 15.2. The summed E-state index contributed by atoms with van der Waals surface area (Å²) in [6, 6.07) is 5.21. The molecule has 20 heavy (non-hydrogen) atoms. The number of nitriles is 1. The van der Waals surface area contributed by atoms with Gasteiger partial charge in [0.15, 0.2) is 0 Å². The number of nitro groups is 1. The lowest BCUT2D eigenvalue weighted by Gasteiger charge is -2.10. The molecule has 1 rings (SSSR count). The predicted octanol–water partition coefficient (Wildman–Crippen LogP) is 1.19. The molecule has 0 saturated heterocycles. The van der Waals surface area contributed by atoms with Crippen LogP contribution < -0.4 is 9.46 Å². The average molecular weight is 299 g/mol. The van der Waals surface area contributed by atoms with Gasteiger partial charge < -0.3 is 4.74 Å². The van der Waals surface area contributed by atoms with Gasteiger partial charge in [-0.25, -0.2) is 13.1 Å². The molecular formula is C11H13N3O5S. The Hall–Kier alpha value is -2.18. The number of hydrogen-bond acceptors (Lipinski definition) is 6. The summed E-state index contributed by atoms with van der Waals surface area (Å²) >= 11 is 0. The maximum atomic E-state index is 12.1. The van der Waals surface area contributed by atoms with Crippen LogP contribution in [0.3, 0.4) is 0 Å². The van der Waals surface area contributed by atoms with Gasteiger partial charge in [-0.15, -0.1) is 0 Å². The van der Waals surface area contributed by atoms with Crippen molar-refractivity contribution < 1.29 is 18.1 Å². The molecule has 0 fully saturated rings. The molecule has 0 atom stereocenters. The fraction of sp³-hybridized carbons (Fsp3) is 0.364. The van der Waals surface area contributed by atoms with Crippen LogP contribution in [0.25, 0.3) is 0 Å². The fourth-order valence-corrected chi connectivity index (χ4v) is 2.70. The summed E-state index contributed by atoms with van der Waals surface area (Å²) in [7, 11) is -2.65. The second-order valence-corrected chi connectivity index (χ2v) is 5.49. The summed E-state index contributed by atoms with van der Waals surface area (Å²) in [5.41, 5.74) is -0.344. The minimum absolute atomic E-state index is 0.0170. The summed E-state index contributed by atoms with van der Waals surface area (Å²) in [6.45, 7) is 0.0712. The molecule has 0 aliphatic heterocycles. The molecule has 0 aliphatic rings. The first-order chi connectivity index (χ1) is 9.42. The standard InChI is InChI=1S/C11H13N3O5S/c1-19-10-5-4-9(14(15)16)8-11(10)20(17,18)13-7-3-2-6-12/h4-5,8,13H,2-3,7H2,1H3. The summed E-state index contributed by atoms with van der Waals surface area (Å²) < 4.78 is 31.3. The van der Waals surface area contributed by atoms with E-state index in [4.69, 9.17) is 10.00 Å². The van der Waals surface area contributed by atoms with Crippen molar-refractivity contribution >= 4 is 15.7 Å². The van der Waals surface area contributed by atoms with E-state index >= 15 is 0 Å². The van der Waals surface area contributed by atoms with Crippen molar-refractivity contribution in [2.75, 3.05) is 13.7 Å². The van der Waals surface area contributed by atoms with Gasteiger partial charge in [-0.1, -0.05) is 0 Å². The molecule has 0 heterocycles. The van der Waals surface area contributed by atoms with Crippen LogP contribution in [-0.4, -0.2) is 27.0 Å². The maximum Gasteiger partial charge on any atom is 0.271 e. The van der Waals surface area contributed by atoms with Crippen LogP contribution in [0.15, 0.2) is 23.1 Å². The number of nitrogens with zero attached hydrogens (tertiary/aromatic N) is 2. The van der Waals surface area contributed by atoms with Crippen LogP contribution in [0.4, 0.5) is 5.69 Å². The Morgan fingerprint density at radius 1 is 1.50 bits per heavy atom. The van der Waals surface area contributed by atoms with Crippen molar-refractivity contribution in [2.24, 2.45) is 0 Å². The number of ether oxygens (including phenoxy) is 1. The van der Waals surface area contributed by atoms with E-state index in [9.17, 15) is 18.5 Å². The third-order valence-electron chi connectivity index (χ3n) is 2.40. The van der Waals surface area contributed by atoms with E-state index in [0.717, 1.165) is 12.1 Å². The van der Waals surface area contributed by atoms with E-state index in [1.165, 1.54) is 13.2 Å². The lowest BCUT2D eigenvalue weighted by Crippen LogP contribution is -2.25. The monoisotopic (exact) mass is 299 g/mol. The number of sulfonamides is 1. The molecule has 0 bridgehead atoms. The first kappa shape index (κ1) is 15.9. The van der Waals surface area contributed by atoms with Crippen molar-refractivity contribution in [3.63, 3.8) is 0 Å². The van der Waals surface area contributed by atoms with Crippen LogP contribution in [0.2, 0.25) is 0 Å². The first-order valence-corrected chi connectivity index (χ1v) is 7.09. The van der Waals surface area contributed by atoms with Gasteiger partial charge >= 0.3 is 0 Å². The Balaban J connectivity index is 3.06. The smallest absolute Gasteiger partial charge is 0.271 e. The highest BCUT2D eigenvalue weighted by atomic mass is 32.2. The van der Waals surface area contributed by atoms with Crippen LogP contribution in [0.5, 0.6) is 5.75 Å². The lowest BCUT2D eigenvalue weighted by molar-refractivity contribution is -0.385. The molecule has 9 heteroatoms. The van der Waals surface area contributed by atoms with Gasteiger partial charge in [0.25, 0.3) is 5.69 Å². The highest BCUT2D eigenvalue weighted by Crippen LogP contribution is 2.27. The second-order valence-electron chi connectivity index (χ2n) is 3.75. The molecule has 0 amide bonds. The van der Waals surface area contributed by atoms with Crippen LogP contribution >= 0.6 is 0 Å².